The van der Waals surface area contributed by atoms with Crippen molar-refractivity contribution in [2.24, 2.45) is 0 Å². The minimum absolute atomic E-state index is 0.324. The smallest absolute Gasteiger partial charge is 0.340 e. The number of nitrogens with one attached hydrogen (secondary N) is 1. The number of rotatable bonds is 2. The van der Waals surface area contributed by atoms with Gasteiger partial charge in [-0.05, 0) is 11.6 Å². The van der Waals surface area contributed by atoms with Crippen molar-refractivity contribution in [2.75, 3.05) is 7.11 Å². The van der Waals surface area contributed by atoms with Gasteiger partial charge in [0.05, 0.1) is 18.4 Å². The number of H-pyrrole nitrogens is 1. The SMILES string of the molecule is COC(=O)c1cc[nH]c1-c1ccccc1. The highest BCUT2D eigenvalue weighted by Crippen LogP contribution is 2.21. The zero-order valence-corrected chi connectivity index (χ0v) is 8.36. The fourth-order valence-electron chi connectivity index (χ4n) is 1.49. The Bertz CT molecular complexity index is 459. The molecule has 1 aromatic carbocycles. The maximum absolute atomic E-state index is 11.4. The summed E-state index contributed by atoms with van der Waals surface area (Å²) in [7, 11) is 1.38. The van der Waals surface area contributed by atoms with Gasteiger partial charge in [0.1, 0.15) is 0 Å². The zero-order chi connectivity index (χ0) is 10.7. The number of hydrogen-bond acceptors (Lipinski definition) is 2. The van der Waals surface area contributed by atoms with E-state index in [2.05, 4.69) is 4.98 Å². The van der Waals surface area contributed by atoms with E-state index in [9.17, 15) is 4.79 Å². The molecule has 2 rings (SSSR count). The van der Waals surface area contributed by atoms with Crippen LogP contribution in [0.5, 0.6) is 0 Å². The van der Waals surface area contributed by atoms with Crippen LogP contribution < -0.4 is 0 Å². The van der Waals surface area contributed by atoms with Gasteiger partial charge in [-0.2, -0.15) is 0 Å². The third-order valence-corrected chi connectivity index (χ3v) is 2.21. The molecule has 1 heterocycles. The Morgan fingerprint density at radius 1 is 1.20 bits per heavy atom. The van der Waals surface area contributed by atoms with Gasteiger partial charge < -0.3 is 9.72 Å². The van der Waals surface area contributed by atoms with Gasteiger partial charge >= 0.3 is 5.97 Å². The normalized spacial score (nSPS) is 9.93. The molecule has 0 unspecified atom stereocenters. The standard InChI is InChI=1S/C12H11NO2/c1-15-12(14)10-7-8-13-11(10)9-5-3-2-4-6-9/h2-8,13H,1H3. The maximum Gasteiger partial charge on any atom is 0.340 e. The van der Waals surface area contributed by atoms with E-state index in [1.54, 1.807) is 12.3 Å². The minimum Gasteiger partial charge on any atom is -0.465 e. The monoisotopic (exact) mass is 201 g/mol. The summed E-state index contributed by atoms with van der Waals surface area (Å²) in [5.41, 5.74) is 2.33. The molecule has 2 aromatic rings. The Kier molecular flexibility index (Phi) is 2.54. The second kappa shape index (κ2) is 4.00. The maximum atomic E-state index is 11.4. The van der Waals surface area contributed by atoms with E-state index in [1.165, 1.54) is 7.11 Å². The number of esters is 1. The lowest BCUT2D eigenvalue weighted by molar-refractivity contribution is 0.0602. The van der Waals surface area contributed by atoms with Crippen molar-refractivity contribution >= 4 is 5.97 Å². The van der Waals surface area contributed by atoms with Gasteiger partial charge in [-0.3, -0.25) is 0 Å². The molecule has 1 aromatic heterocycles. The van der Waals surface area contributed by atoms with Gasteiger partial charge in [-0.25, -0.2) is 4.79 Å². The summed E-state index contributed by atoms with van der Waals surface area (Å²) in [6.45, 7) is 0. The topological polar surface area (TPSA) is 42.1 Å². The van der Waals surface area contributed by atoms with Gasteiger partial charge in [0.25, 0.3) is 0 Å². The summed E-state index contributed by atoms with van der Waals surface area (Å²) in [6.07, 6.45) is 1.73. The Morgan fingerprint density at radius 3 is 2.60 bits per heavy atom. The molecular formula is C12H11NO2. The molecule has 0 aliphatic heterocycles. The quantitative estimate of drug-likeness (QED) is 0.758. The van der Waals surface area contributed by atoms with Gasteiger partial charge in [0.15, 0.2) is 0 Å². The molecule has 0 saturated heterocycles. The summed E-state index contributed by atoms with van der Waals surface area (Å²) in [5, 5.41) is 0. The van der Waals surface area contributed by atoms with Crippen LogP contribution >= 0.6 is 0 Å². The highest BCUT2D eigenvalue weighted by atomic mass is 16.5. The molecule has 76 valence electrons. The Balaban J connectivity index is 2.46. The molecule has 15 heavy (non-hydrogen) atoms. The van der Waals surface area contributed by atoms with Crippen LogP contribution in [0.3, 0.4) is 0 Å². The third kappa shape index (κ3) is 1.76. The van der Waals surface area contributed by atoms with Crippen molar-refractivity contribution < 1.29 is 9.53 Å². The van der Waals surface area contributed by atoms with Crippen molar-refractivity contribution in [3.05, 3.63) is 48.2 Å². The Labute approximate surface area is 87.7 Å². The van der Waals surface area contributed by atoms with E-state index in [-0.39, 0.29) is 5.97 Å². The lowest BCUT2D eigenvalue weighted by Crippen LogP contribution is -2.01. The molecule has 0 amide bonds. The minimum atomic E-state index is -0.324. The highest BCUT2D eigenvalue weighted by Gasteiger charge is 2.13. The Morgan fingerprint density at radius 2 is 1.93 bits per heavy atom. The molecular weight excluding hydrogens is 190 g/mol. The largest absolute Gasteiger partial charge is 0.465 e. The summed E-state index contributed by atoms with van der Waals surface area (Å²) >= 11 is 0. The van der Waals surface area contributed by atoms with Crippen molar-refractivity contribution in [1.82, 2.24) is 4.98 Å². The van der Waals surface area contributed by atoms with E-state index in [0.717, 1.165) is 11.3 Å². The number of aromatic nitrogens is 1. The van der Waals surface area contributed by atoms with Gasteiger partial charge in [-0.1, -0.05) is 30.3 Å². The highest BCUT2D eigenvalue weighted by molar-refractivity contribution is 5.96. The van der Waals surface area contributed by atoms with Crippen LogP contribution in [-0.2, 0) is 4.74 Å². The number of carbonyl (C=O) groups is 1. The molecule has 0 atom stereocenters. The van der Waals surface area contributed by atoms with Crippen molar-refractivity contribution in [3.63, 3.8) is 0 Å². The summed E-state index contributed by atoms with van der Waals surface area (Å²) in [4.78, 5) is 14.5. The third-order valence-electron chi connectivity index (χ3n) is 2.21. The first-order valence-corrected chi connectivity index (χ1v) is 4.64. The van der Waals surface area contributed by atoms with Crippen LogP contribution in [0.4, 0.5) is 0 Å². The molecule has 1 N–H and O–H groups in total. The van der Waals surface area contributed by atoms with Gasteiger partial charge in [-0.15, -0.1) is 0 Å². The average Bonchev–Trinajstić information content (AvgIpc) is 2.78. The lowest BCUT2D eigenvalue weighted by atomic mass is 10.1. The van der Waals surface area contributed by atoms with Gasteiger partial charge in [0, 0.05) is 6.20 Å². The average molecular weight is 201 g/mol. The first-order chi connectivity index (χ1) is 7.33. The first-order valence-electron chi connectivity index (χ1n) is 4.64. The Hall–Kier alpha value is -2.03. The van der Waals surface area contributed by atoms with E-state index in [0.29, 0.717) is 5.56 Å². The molecule has 0 aliphatic carbocycles. The number of hydrogen-bond donors (Lipinski definition) is 1. The van der Waals surface area contributed by atoms with Crippen LogP contribution in [-0.4, -0.2) is 18.1 Å². The fourth-order valence-corrected chi connectivity index (χ4v) is 1.49. The number of aromatic amines is 1. The van der Waals surface area contributed by atoms with Crippen LogP contribution in [0.2, 0.25) is 0 Å². The van der Waals surface area contributed by atoms with Crippen molar-refractivity contribution in [3.8, 4) is 11.3 Å². The van der Waals surface area contributed by atoms with E-state index >= 15 is 0 Å². The molecule has 0 aliphatic rings. The molecule has 0 fully saturated rings. The number of ether oxygens (including phenoxy) is 1. The number of methoxy groups -OCH3 is 1. The molecule has 3 heteroatoms. The second-order valence-corrected chi connectivity index (χ2v) is 3.12. The summed E-state index contributed by atoms with van der Waals surface area (Å²) in [5.74, 6) is -0.324. The first kappa shape index (κ1) is 9.52. The number of benzene rings is 1. The van der Waals surface area contributed by atoms with Gasteiger partial charge in [0.2, 0.25) is 0 Å². The van der Waals surface area contributed by atoms with Crippen LogP contribution in [0.1, 0.15) is 10.4 Å². The fraction of sp³-hybridized carbons (Fsp3) is 0.0833. The summed E-state index contributed by atoms with van der Waals surface area (Å²) < 4.78 is 4.70. The van der Waals surface area contributed by atoms with E-state index in [1.807, 2.05) is 30.3 Å². The van der Waals surface area contributed by atoms with Crippen LogP contribution in [0.25, 0.3) is 11.3 Å². The second-order valence-electron chi connectivity index (χ2n) is 3.12. The molecule has 0 radical (unpaired) electrons. The summed E-state index contributed by atoms with van der Waals surface area (Å²) in [6, 6.07) is 11.4. The zero-order valence-electron chi connectivity index (χ0n) is 8.36. The molecule has 0 bridgehead atoms. The lowest BCUT2D eigenvalue weighted by Gasteiger charge is -2.02. The molecule has 3 nitrogen and oxygen atoms in total. The van der Waals surface area contributed by atoms with Crippen LogP contribution in [0.15, 0.2) is 42.6 Å². The predicted octanol–water partition coefficient (Wildman–Crippen LogP) is 2.47. The van der Waals surface area contributed by atoms with Crippen molar-refractivity contribution in [1.29, 1.82) is 0 Å². The molecule has 0 spiro atoms. The predicted molar refractivity (Wildman–Crippen MR) is 57.6 cm³/mol. The van der Waals surface area contributed by atoms with E-state index < -0.39 is 0 Å². The number of carbonyl (C=O) groups excluding carboxylic acids is 1. The molecule has 0 saturated carbocycles. The van der Waals surface area contributed by atoms with Crippen molar-refractivity contribution in [2.45, 2.75) is 0 Å². The van der Waals surface area contributed by atoms with Crippen LogP contribution in [0, 0.1) is 0 Å². The van der Waals surface area contributed by atoms with E-state index in [4.69, 9.17) is 4.74 Å².